The Hall–Kier alpha value is -0.350. The summed E-state index contributed by atoms with van der Waals surface area (Å²) in [6.07, 6.45) is 10.1. The highest BCUT2D eigenvalue weighted by Gasteiger charge is 2.33. The molecule has 1 aromatic rings. The lowest BCUT2D eigenvalue weighted by atomic mass is 9.80. The highest BCUT2D eigenvalue weighted by atomic mass is 35.5. The van der Waals surface area contributed by atoms with Crippen LogP contribution >= 0.6 is 23.2 Å². The third-order valence-corrected chi connectivity index (χ3v) is 5.43. The maximum atomic E-state index is 6.47. The molecule has 0 unspecified atom stereocenters. The van der Waals surface area contributed by atoms with Gasteiger partial charge in [0.1, 0.15) is 0 Å². The van der Waals surface area contributed by atoms with Gasteiger partial charge in [0.15, 0.2) is 0 Å². The summed E-state index contributed by atoms with van der Waals surface area (Å²) < 4.78 is 0. The molecule has 0 amide bonds. The number of rotatable bonds is 3. The minimum atomic E-state index is 0.343. The van der Waals surface area contributed by atoms with Crippen LogP contribution in [0.5, 0.6) is 0 Å². The normalized spacial score (nSPS) is 23.1. The van der Waals surface area contributed by atoms with Crippen LogP contribution in [-0.2, 0) is 0 Å². The first-order chi connectivity index (χ1) is 10.3. The number of aromatic nitrogens is 1. The zero-order chi connectivity index (χ0) is 14.7. The van der Waals surface area contributed by atoms with Crippen molar-refractivity contribution in [1.29, 1.82) is 0 Å². The molecule has 0 bridgehead atoms. The molecular formula is C16H23Cl2N3. The fraction of sp³-hybridized carbons (Fsp3) is 0.688. The van der Waals surface area contributed by atoms with E-state index < -0.39 is 0 Å². The van der Waals surface area contributed by atoms with Gasteiger partial charge in [0.2, 0.25) is 0 Å². The fourth-order valence-corrected chi connectivity index (χ4v) is 4.42. The van der Waals surface area contributed by atoms with E-state index in [4.69, 9.17) is 23.2 Å². The van der Waals surface area contributed by atoms with Gasteiger partial charge < -0.3 is 5.32 Å². The van der Waals surface area contributed by atoms with Gasteiger partial charge >= 0.3 is 0 Å². The van der Waals surface area contributed by atoms with Crippen LogP contribution < -0.4 is 5.32 Å². The van der Waals surface area contributed by atoms with E-state index in [9.17, 15) is 0 Å². The lowest BCUT2D eigenvalue weighted by Gasteiger charge is -2.41. The second kappa shape index (κ2) is 7.28. The van der Waals surface area contributed by atoms with Gasteiger partial charge in [-0.05, 0) is 18.8 Å². The summed E-state index contributed by atoms with van der Waals surface area (Å²) in [5.41, 5.74) is 1.10. The Labute approximate surface area is 137 Å². The third-order valence-electron chi connectivity index (χ3n) is 4.83. The monoisotopic (exact) mass is 327 g/mol. The van der Waals surface area contributed by atoms with E-state index in [0.29, 0.717) is 12.0 Å². The van der Waals surface area contributed by atoms with Gasteiger partial charge in [0, 0.05) is 50.2 Å². The van der Waals surface area contributed by atoms with Gasteiger partial charge in [0.25, 0.3) is 0 Å². The minimum absolute atomic E-state index is 0.343. The summed E-state index contributed by atoms with van der Waals surface area (Å²) in [4.78, 5) is 6.69. The average Bonchev–Trinajstić information content (AvgIpc) is 2.53. The number of hydrogen-bond acceptors (Lipinski definition) is 3. The molecule has 2 fully saturated rings. The van der Waals surface area contributed by atoms with Crippen LogP contribution in [0.2, 0.25) is 10.0 Å². The van der Waals surface area contributed by atoms with Crippen molar-refractivity contribution in [3.05, 3.63) is 28.0 Å². The first-order valence-electron chi connectivity index (χ1n) is 8.01. The lowest BCUT2D eigenvalue weighted by Crippen LogP contribution is -2.47. The summed E-state index contributed by atoms with van der Waals surface area (Å²) in [5.74, 6) is 0.661. The summed E-state index contributed by atoms with van der Waals surface area (Å²) in [7, 11) is 0. The predicted molar refractivity (Wildman–Crippen MR) is 88.0 cm³/mol. The van der Waals surface area contributed by atoms with Crippen LogP contribution in [0.4, 0.5) is 0 Å². The number of hydrogen-bond donors (Lipinski definition) is 1. The van der Waals surface area contributed by atoms with Crippen LogP contribution in [-0.4, -0.2) is 36.1 Å². The molecule has 1 N–H and O–H groups in total. The zero-order valence-electron chi connectivity index (χ0n) is 12.3. The van der Waals surface area contributed by atoms with Crippen LogP contribution in [0.25, 0.3) is 0 Å². The molecule has 1 saturated heterocycles. The molecule has 1 aromatic heterocycles. The van der Waals surface area contributed by atoms with Gasteiger partial charge in [-0.1, -0.05) is 42.5 Å². The molecule has 2 aliphatic rings. The third kappa shape index (κ3) is 3.53. The first-order valence-corrected chi connectivity index (χ1v) is 8.76. The summed E-state index contributed by atoms with van der Waals surface area (Å²) in [6.45, 7) is 4.22. The number of nitrogens with zero attached hydrogens (tertiary/aromatic N) is 2. The van der Waals surface area contributed by atoms with E-state index in [0.717, 1.165) is 41.8 Å². The Morgan fingerprint density at radius 1 is 1.05 bits per heavy atom. The SMILES string of the molecule is Clc1cncc(Cl)c1[C@@H](C1CCCCC1)N1CCNCC1. The van der Waals surface area contributed by atoms with Crippen molar-refractivity contribution in [2.45, 2.75) is 38.1 Å². The Morgan fingerprint density at radius 3 is 2.29 bits per heavy atom. The van der Waals surface area contributed by atoms with Crippen molar-refractivity contribution in [2.24, 2.45) is 5.92 Å². The smallest absolute Gasteiger partial charge is 0.0652 e. The fourth-order valence-electron chi connectivity index (χ4n) is 3.83. The number of pyridine rings is 1. The topological polar surface area (TPSA) is 28.2 Å². The molecule has 0 radical (unpaired) electrons. The van der Waals surface area contributed by atoms with Gasteiger partial charge in [-0.25, -0.2) is 0 Å². The Kier molecular flexibility index (Phi) is 5.38. The summed E-state index contributed by atoms with van der Waals surface area (Å²) >= 11 is 12.9. The van der Waals surface area contributed by atoms with E-state index in [1.54, 1.807) is 12.4 Å². The highest BCUT2D eigenvalue weighted by Crippen LogP contribution is 2.43. The Morgan fingerprint density at radius 2 is 1.67 bits per heavy atom. The quantitative estimate of drug-likeness (QED) is 0.912. The van der Waals surface area contributed by atoms with E-state index >= 15 is 0 Å². The molecule has 3 rings (SSSR count). The Bertz CT molecular complexity index is 430. The van der Waals surface area contributed by atoms with Crippen molar-refractivity contribution in [3.63, 3.8) is 0 Å². The molecule has 1 saturated carbocycles. The van der Waals surface area contributed by atoms with Crippen molar-refractivity contribution in [2.75, 3.05) is 26.2 Å². The second-order valence-electron chi connectivity index (χ2n) is 6.15. The molecule has 1 aliphatic heterocycles. The molecule has 21 heavy (non-hydrogen) atoms. The number of piperazine rings is 1. The van der Waals surface area contributed by atoms with Crippen molar-refractivity contribution in [1.82, 2.24) is 15.2 Å². The van der Waals surface area contributed by atoms with Gasteiger partial charge in [-0.15, -0.1) is 0 Å². The van der Waals surface area contributed by atoms with Crippen molar-refractivity contribution in [3.8, 4) is 0 Å². The zero-order valence-corrected chi connectivity index (χ0v) is 13.8. The van der Waals surface area contributed by atoms with Gasteiger partial charge in [-0.2, -0.15) is 0 Å². The number of halogens is 2. The lowest BCUT2D eigenvalue weighted by molar-refractivity contribution is 0.103. The van der Waals surface area contributed by atoms with Gasteiger partial charge in [0.05, 0.1) is 10.0 Å². The Balaban J connectivity index is 1.94. The molecule has 1 atom stereocenters. The molecule has 3 nitrogen and oxygen atoms in total. The summed E-state index contributed by atoms with van der Waals surface area (Å²) in [5, 5.41) is 4.87. The highest BCUT2D eigenvalue weighted by molar-refractivity contribution is 6.35. The molecule has 1 aliphatic carbocycles. The predicted octanol–water partition coefficient (Wildman–Crippen LogP) is 3.92. The van der Waals surface area contributed by atoms with E-state index in [-0.39, 0.29) is 0 Å². The first kappa shape index (κ1) is 15.5. The van der Waals surface area contributed by atoms with E-state index in [2.05, 4.69) is 15.2 Å². The average molecular weight is 328 g/mol. The molecule has 116 valence electrons. The molecule has 2 heterocycles. The second-order valence-corrected chi connectivity index (χ2v) is 6.96. The van der Waals surface area contributed by atoms with E-state index in [1.807, 2.05) is 0 Å². The van der Waals surface area contributed by atoms with Crippen molar-refractivity contribution >= 4 is 23.2 Å². The van der Waals surface area contributed by atoms with Gasteiger partial charge in [-0.3, -0.25) is 9.88 Å². The number of nitrogens with one attached hydrogen (secondary N) is 1. The van der Waals surface area contributed by atoms with Crippen LogP contribution in [0.15, 0.2) is 12.4 Å². The molecule has 0 spiro atoms. The van der Waals surface area contributed by atoms with Crippen LogP contribution in [0.3, 0.4) is 0 Å². The molecule has 0 aromatic carbocycles. The maximum Gasteiger partial charge on any atom is 0.0652 e. The maximum absolute atomic E-state index is 6.47. The minimum Gasteiger partial charge on any atom is -0.314 e. The van der Waals surface area contributed by atoms with Crippen molar-refractivity contribution < 1.29 is 0 Å². The largest absolute Gasteiger partial charge is 0.314 e. The van der Waals surface area contributed by atoms with Crippen LogP contribution in [0, 0.1) is 5.92 Å². The molecular weight excluding hydrogens is 305 g/mol. The molecule has 5 heteroatoms. The van der Waals surface area contributed by atoms with Crippen LogP contribution in [0.1, 0.15) is 43.7 Å². The summed E-state index contributed by atoms with van der Waals surface area (Å²) in [6, 6.07) is 0.343. The van der Waals surface area contributed by atoms with E-state index in [1.165, 1.54) is 32.1 Å². The standard InChI is InChI=1S/C16H23Cl2N3/c17-13-10-20-11-14(18)15(13)16(12-4-2-1-3-5-12)21-8-6-19-7-9-21/h10-12,16,19H,1-9H2/t16-/m1/s1.